The van der Waals surface area contributed by atoms with E-state index in [0.29, 0.717) is 18.9 Å². The first-order valence-electron chi connectivity index (χ1n) is 7.85. The van der Waals surface area contributed by atoms with Crippen molar-refractivity contribution in [2.24, 2.45) is 12.0 Å². The van der Waals surface area contributed by atoms with Crippen molar-refractivity contribution >= 4 is 29.9 Å². The monoisotopic (exact) mass is 446 g/mol. The van der Waals surface area contributed by atoms with Gasteiger partial charge in [0, 0.05) is 51.9 Å². The molecule has 8 heteroatoms. The van der Waals surface area contributed by atoms with Crippen LogP contribution in [-0.4, -0.2) is 46.2 Å². The summed E-state index contributed by atoms with van der Waals surface area (Å²) < 4.78 is 7.35. The normalized spacial score (nSPS) is 11.5. The van der Waals surface area contributed by atoms with Crippen LogP contribution < -0.4 is 5.32 Å². The quantitative estimate of drug-likeness (QED) is 0.419. The lowest BCUT2D eigenvalue weighted by atomic mass is 10.2. The van der Waals surface area contributed by atoms with Gasteiger partial charge in [0.05, 0.1) is 6.54 Å². The van der Waals surface area contributed by atoms with E-state index >= 15 is 0 Å². The minimum absolute atomic E-state index is 0. The van der Waals surface area contributed by atoms with E-state index in [0.717, 1.165) is 18.3 Å². The first kappa shape index (κ1) is 20.5. The number of rotatable bonds is 6. The van der Waals surface area contributed by atoms with E-state index in [1.54, 1.807) is 7.05 Å². The third-order valence-electron chi connectivity index (χ3n) is 3.65. The van der Waals surface area contributed by atoms with Crippen LogP contribution in [0.1, 0.15) is 37.2 Å². The van der Waals surface area contributed by atoms with Crippen molar-refractivity contribution in [1.82, 2.24) is 24.9 Å². The third-order valence-corrected chi connectivity index (χ3v) is 3.65. The molecular formula is C16H27IN6O. The molecule has 0 saturated heterocycles. The van der Waals surface area contributed by atoms with Crippen molar-refractivity contribution in [3.05, 3.63) is 35.7 Å². The van der Waals surface area contributed by atoms with Crippen molar-refractivity contribution in [3.8, 4) is 0 Å². The van der Waals surface area contributed by atoms with Gasteiger partial charge in [-0.2, -0.15) is 4.98 Å². The van der Waals surface area contributed by atoms with Gasteiger partial charge in [0.1, 0.15) is 0 Å². The molecule has 2 aromatic rings. The molecule has 2 heterocycles. The molecule has 0 radical (unpaired) electrons. The second-order valence-corrected chi connectivity index (χ2v) is 5.89. The van der Waals surface area contributed by atoms with Gasteiger partial charge in [-0.25, -0.2) is 0 Å². The summed E-state index contributed by atoms with van der Waals surface area (Å²) in [6.07, 6.45) is 2.72. The lowest BCUT2D eigenvalue weighted by molar-refractivity contribution is 0.370. The van der Waals surface area contributed by atoms with Crippen molar-refractivity contribution in [2.45, 2.75) is 32.7 Å². The number of aliphatic imine (C=N–C) groups is 1. The van der Waals surface area contributed by atoms with Crippen LogP contribution in [0.4, 0.5) is 0 Å². The van der Waals surface area contributed by atoms with E-state index in [1.165, 1.54) is 5.69 Å². The summed E-state index contributed by atoms with van der Waals surface area (Å²) in [4.78, 5) is 10.8. The second kappa shape index (κ2) is 9.65. The zero-order valence-corrected chi connectivity index (χ0v) is 17.3. The molecule has 7 nitrogen and oxygen atoms in total. The van der Waals surface area contributed by atoms with E-state index in [1.807, 2.05) is 40.2 Å². The molecule has 0 saturated carbocycles. The molecule has 0 atom stereocenters. The zero-order chi connectivity index (χ0) is 16.8. The summed E-state index contributed by atoms with van der Waals surface area (Å²) in [5, 5.41) is 7.30. The Kier molecular flexibility index (Phi) is 8.23. The summed E-state index contributed by atoms with van der Waals surface area (Å²) in [6.45, 7) is 5.59. The number of guanidine groups is 1. The summed E-state index contributed by atoms with van der Waals surface area (Å²) in [5.41, 5.74) is 1.23. The maximum atomic E-state index is 5.24. The van der Waals surface area contributed by atoms with Gasteiger partial charge in [0.15, 0.2) is 11.8 Å². The van der Waals surface area contributed by atoms with Crippen molar-refractivity contribution in [3.63, 3.8) is 0 Å². The lowest BCUT2D eigenvalue weighted by Gasteiger charge is -2.22. The van der Waals surface area contributed by atoms with Gasteiger partial charge in [-0.3, -0.25) is 4.99 Å². The molecular weight excluding hydrogens is 419 g/mol. The number of nitrogens with zero attached hydrogens (tertiary/aromatic N) is 5. The number of aryl methyl sites for hydroxylation is 1. The highest BCUT2D eigenvalue weighted by atomic mass is 127. The predicted octanol–water partition coefficient (Wildman–Crippen LogP) is 2.40. The highest BCUT2D eigenvalue weighted by molar-refractivity contribution is 14.0. The molecule has 0 aliphatic rings. The topological polar surface area (TPSA) is 71.5 Å². The van der Waals surface area contributed by atoms with Crippen LogP contribution in [0, 0.1) is 0 Å². The van der Waals surface area contributed by atoms with E-state index in [2.05, 4.69) is 36.0 Å². The Balaban J connectivity index is 0.00000288. The summed E-state index contributed by atoms with van der Waals surface area (Å²) in [6, 6.07) is 4.15. The molecule has 0 aliphatic heterocycles. The van der Waals surface area contributed by atoms with E-state index < -0.39 is 0 Å². The molecule has 1 N–H and O–H groups in total. The molecule has 0 spiro atoms. The Bertz CT molecular complexity index is 649. The molecule has 0 amide bonds. The number of nitrogens with one attached hydrogen (secondary N) is 1. The second-order valence-electron chi connectivity index (χ2n) is 5.89. The summed E-state index contributed by atoms with van der Waals surface area (Å²) in [7, 11) is 5.85. The molecule has 0 fully saturated rings. The van der Waals surface area contributed by atoms with Crippen LogP contribution in [0.15, 0.2) is 27.8 Å². The molecule has 0 aromatic carbocycles. The average Bonchev–Trinajstić information content (AvgIpc) is 3.13. The highest BCUT2D eigenvalue weighted by Gasteiger charge is 2.11. The standard InChI is InChI=1S/C16H26N6O.HI/c1-12(2)15-19-14(23-20-15)8-9-18-16(17-3)22(5)11-13-7-6-10-21(13)4;/h6-7,10,12H,8-9,11H2,1-5H3,(H,17,18);1H. The van der Waals surface area contributed by atoms with Crippen LogP contribution in [0.5, 0.6) is 0 Å². The average molecular weight is 446 g/mol. The number of halogens is 1. The Morgan fingerprint density at radius 1 is 1.46 bits per heavy atom. The maximum Gasteiger partial charge on any atom is 0.228 e. The minimum atomic E-state index is 0. The molecule has 2 aromatic heterocycles. The van der Waals surface area contributed by atoms with Gasteiger partial charge in [-0.05, 0) is 12.1 Å². The molecule has 0 aliphatic carbocycles. The van der Waals surface area contributed by atoms with Gasteiger partial charge < -0.3 is 19.3 Å². The SMILES string of the molecule is CN=C(NCCc1nc(C(C)C)no1)N(C)Cc1cccn1C.I. The third kappa shape index (κ3) is 5.50. The van der Waals surface area contributed by atoms with Crippen molar-refractivity contribution in [1.29, 1.82) is 0 Å². The highest BCUT2D eigenvalue weighted by Crippen LogP contribution is 2.09. The predicted molar refractivity (Wildman–Crippen MR) is 106 cm³/mol. The molecule has 0 unspecified atom stereocenters. The molecule has 2 rings (SSSR count). The number of hydrogen-bond acceptors (Lipinski definition) is 4. The lowest BCUT2D eigenvalue weighted by Crippen LogP contribution is -2.39. The van der Waals surface area contributed by atoms with E-state index in [9.17, 15) is 0 Å². The fourth-order valence-corrected chi connectivity index (χ4v) is 2.25. The first-order valence-corrected chi connectivity index (χ1v) is 7.85. The largest absolute Gasteiger partial charge is 0.356 e. The van der Waals surface area contributed by atoms with E-state index in [-0.39, 0.29) is 29.9 Å². The van der Waals surface area contributed by atoms with Crippen molar-refractivity contribution < 1.29 is 4.52 Å². The van der Waals surface area contributed by atoms with Gasteiger partial charge >= 0.3 is 0 Å². The summed E-state index contributed by atoms with van der Waals surface area (Å²) >= 11 is 0. The molecule has 0 bridgehead atoms. The Labute approximate surface area is 160 Å². The number of hydrogen-bond donors (Lipinski definition) is 1. The first-order chi connectivity index (χ1) is 11.0. The smallest absolute Gasteiger partial charge is 0.228 e. The Morgan fingerprint density at radius 2 is 2.21 bits per heavy atom. The maximum absolute atomic E-state index is 5.24. The van der Waals surface area contributed by atoms with Gasteiger partial charge in [-0.15, -0.1) is 24.0 Å². The van der Waals surface area contributed by atoms with E-state index in [4.69, 9.17) is 4.52 Å². The van der Waals surface area contributed by atoms with Crippen molar-refractivity contribution in [2.75, 3.05) is 20.6 Å². The van der Waals surface area contributed by atoms with Crippen LogP contribution in [0.3, 0.4) is 0 Å². The van der Waals surface area contributed by atoms with Gasteiger partial charge in [0.2, 0.25) is 5.89 Å². The zero-order valence-electron chi connectivity index (χ0n) is 15.0. The number of aromatic nitrogens is 3. The molecule has 24 heavy (non-hydrogen) atoms. The summed E-state index contributed by atoms with van der Waals surface area (Å²) in [5.74, 6) is 2.53. The Morgan fingerprint density at radius 3 is 2.75 bits per heavy atom. The van der Waals surface area contributed by atoms with Gasteiger partial charge in [-0.1, -0.05) is 19.0 Å². The van der Waals surface area contributed by atoms with Crippen LogP contribution in [0.2, 0.25) is 0 Å². The fourth-order valence-electron chi connectivity index (χ4n) is 2.25. The molecule has 134 valence electrons. The van der Waals surface area contributed by atoms with Crippen LogP contribution >= 0.6 is 24.0 Å². The van der Waals surface area contributed by atoms with Crippen LogP contribution in [-0.2, 0) is 20.0 Å². The van der Waals surface area contributed by atoms with Crippen LogP contribution in [0.25, 0.3) is 0 Å². The minimum Gasteiger partial charge on any atom is -0.356 e. The fraction of sp³-hybridized carbons (Fsp3) is 0.562. The Hall–Kier alpha value is -1.58. The van der Waals surface area contributed by atoms with Gasteiger partial charge in [0.25, 0.3) is 0 Å².